The van der Waals surface area contributed by atoms with Crippen LogP contribution in [0.2, 0.25) is 0 Å². The maximum absolute atomic E-state index is 13.2. The van der Waals surface area contributed by atoms with Gasteiger partial charge in [0.1, 0.15) is 5.54 Å². The third-order valence-corrected chi connectivity index (χ3v) is 6.45. The van der Waals surface area contributed by atoms with Crippen LogP contribution in [-0.2, 0) is 15.1 Å². The topological polar surface area (TPSA) is 122 Å². The lowest BCUT2D eigenvalue weighted by Gasteiger charge is -2.22. The van der Waals surface area contributed by atoms with Gasteiger partial charge in [-0.15, -0.1) is 0 Å². The molecule has 3 amide bonds. The van der Waals surface area contributed by atoms with Crippen molar-refractivity contribution in [1.82, 2.24) is 14.8 Å². The number of imide groups is 1. The summed E-state index contributed by atoms with van der Waals surface area (Å²) in [6, 6.07) is 16.2. The number of Topliss-reactive ketones (excluding diaryl/α,β-unsaturated/α-hetero) is 1. The Bertz CT molecular complexity index is 1430. The molecule has 0 spiro atoms. The van der Waals surface area contributed by atoms with E-state index in [9.17, 15) is 19.2 Å². The standard InChI is InChI=1S/C27H24N4O5/c1-16-13-22(17(2)31(16)21-11-7-19(8-12-21)24(33)36-4)23(32)15-30-25(34)27(3,29-26(30)35)20-9-5-18(14-28)6-10-20/h5-13H,15H2,1-4H3,(H,29,35). The van der Waals surface area contributed by atoms with Crippen LogP contribution in [0, 0.1) is 25.2 Å². The Kier molecular flexibility index (Phi) is 6.21. The molecule has 1 aliphatic rings. The summed E-state index contributed by atoms with van der Waals surface area (Å²) in [5.41, 5.74) is 2.57. The summed E-state index contributed by atoms with van der Waals surface area (Å²) in [4.78, 5) is 51.8. The van der Waals surface area contributed by atoms with Gasteiger partial charge in [0.05, 0.1) is 30.9 Å². The number of ether oxygens (including phenoxy) is 1. The molecule has 1 unspecified atom stereocenters. The zero-order valence-electron chi connectivity index (χ0n) is 20.3. The van der Waals surface area contributed by atoms with Gasteiger partial charge in [-0.2, -0.15) is 5.26 Å². The number of methoxy groups -OCH3 is 1. The molecule has 0 aliphatic carbocycles. The van der Waals surface area contributed by atoms with Crippen LogP contribution in [0.5, 0.6) is 0 Å². The molecule has 9 nitrogen and oxygen atoms in total. The Hall–Kier alpha value is -4.71. The van der Waals surface area contributed by atoms with Crippen LogP contribution >= 0.6 is 0 Å². The Morgan fingerprint density at radius 2 is 1.69 bits per heavy atom. The quantitative estimate of drug-likeness (QED) is 0.325. The molecule has 1 fully saturated rings. The minimum absolute atomic E-state index is 0.381. The third kappa shape index (κ3) is 4.03. The minimum atomic E-state index is -1.34. The Labute approximate surface area is 207 Å². The number of aromatic nitrogens is 1. The summed E-state index contributed by atoms with van der Waals surface area (Å²) < 4.78 is 6.59. The fourth-order valence-corrected chi connectivity index (χ4v) is 4.45. The first-order chi connectivity index (χ1) is 17.1. The Morgan fingerprint density at radius 3 is 2.28 bits per heavy atom. The first-order valence-electron chi connectivity index (χ1n) is 11.2. The average molecular weight is 485 g/mol. The predicted molar refractivity (Wildman–Crippen MR) is 130 cm³/mol. The number of nitrogens with one attached hydrogen (secondary N) is 1. The molecule has 36 heavy (non-hydrogen) atoms. The number of esters is 1. The van der Waals surface area contributed by atoms with Gasteiger partial charge < -0.3 is 14.6 Å². The maximum atomic E-state index is 13.2. The van der Waals surface area contributed by atoms with Gasteiger partial charge in [-0.1, -0.05) is 12.1 Å². The second kappa shape index (κ2) is 9.15. The van der Waals surface area contributed by atoms with Crippen molar-refractivity contribution in [2.24, 2.45) is 0 Å². The average Bonchev–Trinajstić information content (AvgIpc) is 3.30. The first-order valence-corrected chi connectivity index (χ1v) is 11.2. The van der Waals surface area contributed by atoms with Crippen molar-refractivity contribution in [3.63, 3.8) is 0 Å². The number of carbonyl (C=O) groups excluding carboxylic acids is 4. The number of rotatable bonds is 6. The van der Waals surface area contributed by atoms with Gasteiger partial charge in [-0.05, 0) is 68.8 Å². The number of nitrogens with zero attached hydrogens (tertiary/aromatic N) is 3. The number of carbonyl (C=O) groups is 4. The summed E-state index contributed by atoms with van der Waals surface area (Å²) in [6.07, 6.45) is 0. The summed E-state index contributed by atoms with van der Waals surface area (Å²) in [5.74, 6) is -1.37. The van der Waals surface area contributed by atoms with Crippen molar-refractivity contribution in [3.05, 3.63) is 88.2 Å². The van der Waals surface area contributed by atoms with Crippen LogP contribution < -0.4 is 5.32 Å². The lowest BCUT2D eigenvalue weighted by atomic mass is 9.91. The van der Waals surface area contributed by atoms with Crippen LogP contribution in [0.4, 0.5) is 4.79 Å². The van der Waals surface area contributed by atoms with Gasteiger partial charge in [-0.25, -0.2) is 9.59 Å². The summed E-state index contributed by atoms with van der Waals surface area (Å²) in [6.45, 7) is 4.78. The second-order valence-electron chi connectivity index (χ2n) is 8.72. The molecule has 1 aliphatic heterocycles. The number of aryl methyl sites for hydroxylation is 1. The van der Waals surface area contributed by atoms with Gasteiger partial charge >= 0.3 is 12.0 Å². The zero-order chi connectivity index (χ0) is 26.2. The number of urea groups is 1. The molecule has 182 valence electrons. The zero-order valence-corrected chi connectivity index (χ0v) is 20.3. The van der Waals surface area contributed by atoms with E-state index in [0.29, 0.717) is 27.9 Å². The summed E-state index contributed by atoms with van der Waals surface area (Å²) in [7, 11) is 1.31. The number of hydrogen-bond acceptors (Lipinski definition) is 6. The SMILES string of the molecule is COC(=O)c1ccc(-n2c(C)cc(C(=O)CN3C(=O)NC(C)(c4ccc(C#N)cc4)C3=O)c2C)cc1. The molecule has 9 heteroatoms. The molecular weight excluding hydrogens is 460 g/mol. The Balaban J connectivity index is 1.57. The summed E-state index contributed by atoms with van der Waals surface area (Å²) >= 11 is 0. The van der Waals surface area contributed by atoms with E-state index in [1.54, 1.807) is 68.4 Å². The smallest absolute Gasteiger partial charge is 0.337 e. The van der Waals surface area contributed by atoms with E-state index in [2.05, 4.69) is 5.32 Å². The highest BCUT2D eigenvalue weighted by Crippen LogP contribution is 2.30. The van der Waals surface area contributed by atoms with Crippen LogP contribution in [-0.4, -0.2) is 46.8 Å². The van der Waals surface area contributed by atoms with E-state index in [1.165, 1.54) is 7.11 Å². The van der Waals surface area contributed by atoms with Gasteiger partial charge in [-0.3, -0.25) is 14.5 Å². The van der Waals surface area contributed by atoms with Crippen molar-refractivity contribution >= 4 is 23.7 Å². The van der Waals surface area contributed by atoms with Crippen LogP contribution in [0.15, 0.2) is 54.6 Å². The minimum Gasteiger partial charge on any atom is -0.465 e. The molecule has 1 saturated heterocycles. The highest BCUT2D eigenvalue weighted by molar-refractivity contribution is 6.11. The Morgan fingerprint density at radius 1 is 1.06 bits per heavy atom. The van der Waals surface area contributed by atoms with E-state index in [-0.39, 0.29) is 5.78 Å². The molecular formula is C27H24N4O5. The molecule has 2 aromatic carbocycles. The maximum Gasteiger partial charge on any atom is 0.337 e. The number of nitriles is 1. The van der Waals surface area contributed by atoms with Crippen LogP contribution in [0.3, 0.4) is 0 Å². The lowest BCUT2D eigenvalue weighted by Crippen LogP contribution is -2.41. The molecule has 3 aromatic rings. The third-order valence-electron chi connectivity index (χ3n) is 6.45. The van der Waals surface area contributed by atoms with Gasteiger partial charge in [0.25, 0.3) is 5.91 Å². The van der Waals surface area contributed by atoms with Crippen LogP contribution in [0.25, 0.3) is 5.69 Å². The molecule has 0 bridgehead atoms. The highest BCUT2D eigenvalue weighted by Gasteiger charge is 2.49. The molecule has 4 rings (SSSR count). The van der Waals surface area contributed by atoms with Crippen molar-refractivity contribution in [2.75, 3.05) is 13.7 Å². The first kappa shape index (κ1) is 24.4. The molecule has 2 heterocycles. The highest BCUT2D eigenvalue weighted by atomic mass is 16.5. The van der Waals surface area contributed by atoms with Crippen molar-refractivity contribution < 1.29 is 23.9 Å². The van der Waals surface area contributed by atoms with Crippen molar-refractivity contribution in [2.45, 2.75) is 26.3 Å². The van der Waals surface area contributed by atoms with Crippen molar-refractivity contribution in [1.29, 1.82) is 5.26 Å². The molecule has 1 N–H and O–H groups in total. The normalized spacial score (nSPS) is 17.0. The molecule has 0 saturated carbocycles. The van der Waals surface area contributed by atoms with Crippen molar-refractivity contribution in [3.8, 4) is 11.8 Å². The van der Waals surface area contributed by atoms with E-state index in [0.717, 1.165) is 16.3 Å². The van der Waals surface area contributed by atoms with Gasteiger partial charge in [0, 0.05) is 22.6 Å². The molecule has 1 aromatic heterocycles. The number of amides is 3. The fraction of sp³-hybridized carbons (Fsp3) is 0.222. The predicted octanol–water partition coefficient (Wildman–Crippen LogP) is 3.40. The largest absolute Gasteiger partial charge is 0.465 e. The van der Waals surface area contributed by atoms with E-state index < -0.39 is 30.0 Å². The van der Waals surface area contributed by atoms with Gasteiger partial charge in [0.2, 0.25) is 0 Å². The number of benzene rings is 2. The van der Waals surface area contributed by atoms with Gasteiger partial charge in [0.15, 0.2) is 5.78 Å². The lowest BCUT2D eigenvalue weighted by molar-refractivity contribution is -0.130. The fourth-order valence-electron chi connectivity index (χ4n) is 4.45. The monoisotopic (exact) mass is 484 g/mol. The molecule has 0 radical (unpaired) electrons. The summed E-state index contributed by atoms with van der Waals surface area (Å²) in [5, 5.41) is 11.7. The number of ketones is 1. The van der Waals surface area contributed by atoms with E-state index >= 15 is 0 Å². The number of hydrogen-bond donors (Lipinski definition) is 1. The van der Waals surface area contributed by atoms with E-state index in [4.69, 9.17) is 10.00 Å². The van der Waals surface area contributed by atoms with E-state index in [1.807, 2.05) is 17.6 Å². The second-order valence-corrected chi connectivity index (χ2v) is 8.72. The van der Waals surface area contributed by atoms with Crippen LogP contribution in [0.1, 0.15) is 50.2 Å². The molecule has 1 atom stereocenters.